The molecule has 0 atom stereocenters. The molecule has 0 spiro atoms. The third-order valence-corrected chi connectivity index (χ3v) is 7.69. The highest BCUT2D eigenvalue weighted by atomic mass is 14.9. The van der Waals surface area contributed by atoms with Gasteiger partial charge in [-0.2, -0.15) is 0 Å². The van der Waals surface area contributed by atoms with Crippen LogP contribution in [0.15, 0.2) is 128 Å². The van der Waals surface area contributed by atoms with Crippen molar-refractivity contribution in [3.8, 4) is 56.2 Å². The Morgan fingerprint density at radius 1 is 0.487 bits per heavy atom. The summed E-state index contributed by atoms with van der Waals surface area (Å²) in [5.74, 6) is 0.735. The van der Waals surface area contributed by atoms with Gasteiger partial charge < -0.3 is 0 Å². The van der Waals surface area contributed by atoms with Crippen LogP contribution in [0, 0.1) is 0 Å². The van der Waals surface area contributed by atoms with Crippen molar-refractivity contribution in [1.82, 2.24) is 15.0 Å². The van der Waals surface area contributed by atoms with Crippen LogP contribution in [0.3, 0.4) is 0 Å². The molecule has 2 heterocycles. The van der Waals surface area contributed by atoms with Crippen LogP contribution in [0.2, 0.25) is 0 Å². The largest absolute Gasteiger partial charge is 0.248 e. The molecule has 0 unspecified atom stereocenters. The van der Waals surface area contributed by atoms with Crippen LogP contribution in [-0.4, -0.2) is 15.0 Å². The molecule has 0 saturated carbocycles. The van der Waals surface area contributed by atoms with Crippen molar-refractivity contribution in [2.24, 2.45) is 0 Å². The van der Waals surface area contributed by atoms with E-state index in [-0.39, 0.29) is 5.41 Å². The zero-order valence-corrected chi connectivity index (χ0v) is 22.0. The molecule has 7 rings (SSSR count). The Balaban J connectivity index is 1.34. The van der Waals surface area contributed by atoms with Gasteiger partial charge in [0.2, 0.25) is 0 Å². The molecule has 0 N–H and O–H groups in total. The van der Waals surface area contributed by atoms with Crippen molar-refractivity contribution < 1.29 is 0 Å². The SMILES string of the molecule is CC1(C)c2ccccc2-c2cnc(-c3cccc(-c4cc(-c5ccccc5)cc(-c5ccccc5)n4)c3)nc21. The lowest BCUT2D eigenvalue weighted by Crippen LogP contribution is -2.17. The number of pyridine rings is 1. The Kier molecular flexibility index (Phi) is 5.45. The predicted molar refractivity (Wildman–Crippen MR) is 159 cm³/mol. The van der Waals surface area contributed by atoms with Crippen molar-refractivity contribution >= 4 is 0 Å². The second-order valence-electron chi connectivity index (χ2n) is 10.6. The van der Waals surface area contributed by atoms with Gasteiger partial charge in [-0.1, -0.05) is 117 Å². The first-order valence-electron chi connectivity index (χ1n) is 13.3. The van der Waals surface area contributed by atoms with E-state index in [0.29, 0.717) is 0 Å². The van der Waals surface area contributed by atoms with Crippen LogP contribution in [0.25, 0.3) is 56.2 Å². The molecule has 0 radical (unpaired) electrons. The van der Waals surface area contributed by atoms with Crippen molar-refractivity contribution in [3.63, 3.8) is 0 Å². The Labute approximate surface area is 228 Å². The molecule has 3 heteroatoms. The summed E-state index contributed by atoms with van der Waals surface area (Å²) in [6.45, 7) is 4.49. The first-order valence-corrected chi connectivity index (χ1v) is 13.3. The maximum absolute atomic E-state index is 5.12. The average Bonchev–Trinajstić information content (AvgIpc) is 3.24. The monoisotopic (exact) mass is 501 g/mol. The number of hydrogen-bond acceptors (Lipinski definition) is 3. The van der Waals surface area contributed by atoms with E-state index < -0.39 is 0 Å². The molecule has 0 aliphatic heterocycles. The second kappa shape index (κ2) is 9.14. The first kappa shape index (κ1) is 23.2. The van der Waals surface area contributed by atoms with E-state index in [0.717, 1.165) is 50.7 Å². The predicted octanol–water partition coefficient (Wildman–Crippen LogP) is 8.85. The number of nitrogens with zero attached hydrogens (tertiary/aromatic N) is 3. The molecule has 39 heavy (non-hydrogen) atoms. The molecule has 0 fully saturated rings. The topological polar surface area (TPSA) is 38.7 Å². The minimum absolute atomic E-state index is 0.169. The Bertz CT molecular complexity index is 1760. The van der Waals surface area contributed by atoms with Gasteiger partial charge in [-0.05, 0) is 40.5 Å². The van der Waals surface area contributed by atoms with Gasteiger partial charge in [0.1, 0.15) is 0 Å². The van der Waals surface area contributed by atoms with Gasteiger partial charge in [0.15, 0.2) is 5.82 Å². The fraction of sp³-hybridized carbons (Fsp3) is 0.0833. The molecule has 6 aromatic rings. The molecular weight excluding hydrogens is 474 g/mol. The molecule has 4 aromatic carbocycles. The summed E-state index contributed by atoms with van der Waals surface area (Å²) in [6.07, 6.45) is 1.99. The minimum Gasteiger partial charge on any atom is -0.248 e. The third kappa shape index (κ3) is 4.04. The summed E-state index contributed by atoms with van der Waals surface area (Å²) < 4.78 is 0. The van der Waals surface area contributed by atoms with E-state index >= 15 is 0 Å². The van der Waals surface area contributed by atoms with Crippen molar-refractivity contribution in [2.45, 2.75) is 19.3 Å². The van der Waals surface area contributed by atoms with Crippen LogP contribution >= 0.6 is 0 Å². The van der Waals surface area contributed by atoms with Crippen LogP contribution in [0.4, 0.5) is 0 Å². The number of rotatable bonds is 4. The van der Waals surface area contributed by atoms with Crippen molar-refractivity contribution in [2.75, 3.05) is 0 Å². The summed E-state index contributed by atoms with van der Waals surface area (Å²) in [4.78, 5) is 15.0. The molecule has 186 valence electrons. The molecule has 0 bridgehead atoms. The van der Waals surface area contributed by atoms with Crippen LogP contribution in [0.1, 0.15) is 25.1 Å². The summed E-state index contributed by atoms with van der Waals surface area (Å²) >= 11 is 0. The van der Waals surface area contributed by atoms with E-state index in [9.17, 15) is 0 Å². The second-order valence-corrected chi connectivity index (χ2v) is 10.6. The van der Waals surface area contributed by atoms with Crippen molar-refractivity contribution in [1.29, 1.82) is 0 Å². The maximum atomic E-state index is 5.12. The summed E-state index contributed by atoms with van der Waals surface area (Å²) in [7, 11) is 0. The van der Waals surface area contributed by atoms with Gasteiger partial charge in [0, 0.05) is 33.9 Å². The van der Waals surface area contributed by atoms with Crippen LogP contribution in [-0.2, 0) is 5.41 Å². The highest BCUT2D eigenvalue weighted by Crippen LogP contribution is 2.47. The fourth-order valence-electron chi connectivity index (χ4n) is 5.64. The summed E-state index contributed by atoms with van der Waals surface area (Å²) in [6, 6.07) is 42.1. The third-order valence-electron chi connectivity index (χ3n) is 7.69. The van der Waals surface area contributed by atoms with E-state index in [4.69, 9.17) is 15.0 Å². The first-order chi connectivity index (χ1) is 19.1. The molecule has 1 aliphatic carbocycles. The minimum atomic E-state index is -0.169. The lowest BCUT2D eigenvalue weighted by atomic mass is 9.85. The van der Waals surface area contributed by atoms with Crippen molar-refractivity contribution in [3.05, 3.63) is 139 Å². The van der Waals surface area contributed by atoms with E-state index in [2.05, 4.69) is 123 Å². The molecule has 1 aliphatic rings. The molecule has 3 nitrogen and oxygen atoms in total. The zero-order valence-electron chi connectivity index (χ0n) is 22.0. The Morgan fingerprint density at radius 3 is 1.87 bits per heavy atom. The number of benzene rings is 4. The Morgan fingerprint density at radius 2 is 1.10 bits per heavy atom. The lowest BCUT2D eigenvalue weighted by Gasteiger charge is -2.20. The number of aromatic nitrogens is 3. The van der Waals surface area contributed by atoms with E-state index in [1.165, 1.54) is 16.7 Å². The summed E-state index contributed by atoms with van der Waals surface area (Å²) in [5.41, 5.74) is 11.9. The van der Waals surface area contributed by atoms with Gasteiger partial charge in [-0.15, -0.1) is 0 Å². The van der Waals surface area contributed by atoms with Gasteiger partial charge in [0.05, 0.1) is 17.1 Å². The quantitative estimate of drug-likeness (QED) is 0.242. The maximum Gasteiger partial charge on any atom is 0.159 e. The van der Waals surface area contributed by atoms with Gasteiger partial charge in [-0.3, -0.25) is 0 Å². The normalized spacial score (nSPS) is 13.1. The van der Waals surface area contributed by atoms with Gasteiger partial charge in [0.25, 0.3) is 0 Å². The van der Waals surface area contributed by atoms with Gasteiger partial charge in [-0.25, -0.2) is 15.0 Å². The lowest BCUT2D eigenvalue weighted by molar-refractivity contribution is 0.636. The highest BCUT2D eigenvalue weighted by molar-refractivity contribution is 5.81. The molecular formula is C36H27N3. The van der Waals surface area contributed by atoms with Crippen LogP contribution < -0.4 is 0 Å². The molecule has 0 amide bonds. The zero-order chi connectivity index (χ0) is 26.4. The summed E-state index contributed by atoms with van der Waals surface area (Å²) in [5, 5.41) is 0. The smallest absolute Gasteiger partial charge is 0.159 e. The Hall–Kier alpha value is -4.89. The molecule has 0 saturated heterocycles. The highest BCUT2D eigenvalue weighted by Gasteiger charge is 2.37. The van der Waals surface area contributed by atoms with E-state index in [1.54, 1.807) is 0 Å². The van der Waals surface area contributed by atoms with Gasteiger partial charge >= 0.3 is 0 Å². The fourth-order valence-corrected chi connectivity index (χ4v) is 5.64. The number of fused-ring (bicyclic) bond motifs is 3. The van der Waals surface area contributed by atoms with E-state index in [1.807, 2.05) is 18.3 Å². The van der Waals surface area contributed by atoms with Crippen LogP contribution in [0.5, 0.6) is 0 Å². The average molecular weight is 502 g/mol. The standard InChI is InChI=1S/C36H27N3/c1-36(2)31-19-10-9-18-29(31)30-23-37-35(39-34(30)36)27-17-11-16-26(20-27)33-22-28(24-12-5-3-6-13-24)21-32(38-33)25-14-7-4-8-15-25/h3-23H,1-2H3. The number of hydrogen-bond donors (Lipinski definition) is 0. The molecule has 2 aromatic heterocycles.